The quantitative estimate of drug-likeness (QED) is 0.716. The summed E-state index contributed by atoms with van der Waals surface area (Å²) >= 11 is 0. The van der Waals surface area contributed by atoms with Gasteiger partial charge in [0.2, 0.25) is 0 Å². The summed E-state index contributed by atoms with van der Waals surface area (Å²) in [5.41, 5.74) is 0.366. The maximum absolute atomic E-state index is 11.2. The van der Waals surface area contributed by atoms with Crippen molar-refractivity contribution in [2.24, 2.45) is 0 Å². The maximum Gasteiger partial charge on any atom is 0.410 e. The van der Waals surface area contributed by atoms with Gasteiger partial charge >= 0.3 is 12.1 Å². The van der Waals surface area contributed by atoms with Crippen LogP contribution >= 0.6 is 0 Å². The number of carbonyl (C=O) groups is 2. The summed E-state index contributed by atoms with van der Waals surface area (Å²) in [6.07, 6.45) is 1.55. The topological polar surface area (TPSA) is 66.8 Å². The molecule has 0 atom stereocenters. The van der Waals surface area contributed by atoms with E-state index in [4.69, 9.17) is 9.84 Å². The lowest BCUT2D eigenvalue weighted by Crippen LogP contribution is -2.36. The molecule has 0 saturated heterocycles. The molecule has 5 heteroatoms. The standard InChI is InChI=1S/C9H13NO4/c1-2-14-9(13)10-5-3-7(4-6-10)8(11)12/h3H,2,4-6H2,1H3,(H,11,12). The predicted octanol–water partition coefficient (Wildman–Crippen LogP) is 0.860. The summed E-state index contributed by atoms with van der Waals surface area (Å²) in [5.74, 6) is -0.909. The van der Waals surface area contributed by atoms with E-state index in [1.807, 2.05) is 0 Å². The smallest absolute Gasteiger partial charge is 0.410 e. The lowest BCUT2D eigenvalue weighted by Gasteiger charge is -2.24. The zero-order valence-electron chi connectivity index (χ0n) is 8.02. The minimum atomic E-state index is -0.909. The van der Waals surface area contributed by atoms with E-state index in [1.54, 1.807) is 13.0 Å². The molecule has 1 amide bonds. The van der Waals surface area contributed by atoms with E-state index in [9.17, 15) is 9.59 Å². The van der Waals surface area contributed by atoms with Crippen molar-refractivity contribution in [3.05, 3.63) is 11.6 Å². The Kier molecular flexibility index (Phi) is 3.50. The minimum absolute atomic E-state index is 0.320. The summed E-state index contributed by atoms with van der Waals surface area (Å²) in [6, 6.07) is 0. The van der Waals surface area contributed by atoms with E-state index in [0.29, 0.717) is 31.7 Å². The molecule has 1 rings (SSSR count). The Morgan fingerprint density at radius 1 is 1.64 bits per heavy atom. The molecule has 0 saturated carbocycles. The number of amides is 1. The Morgan fingerprint density at radius 2 is 2.36 bits per heavy atom. The monoisotopic (exact) mass is 199 g/mol. The molecule has 0 aromatic rings. The molecular formula is C9H13NO4. The van der Waals surface area contributed by atoms with Gasteiger partial charge in [-0.1, -0.05) is 6.08 Å². The van der Waals surface area contributed by atoms with Gasteiger partial charge in [-0.25, -0.2) is 9.59 Å². The van der Waals surface area contributed by atoms with Crippen molar-refractivity contribution in [1.82, 2.24) is 4.90 Å². The molecule has 14 heavy (non-hydrogen) atoms. The van der Waals surface area contributed by atoms with Gasteiger partial charge in [0.05, 0.1) is 6.61 Å². The highest BCUT2D eigenvalue weighted by Crippen LogP contribution is 2.11. The van der Waals surface area contributed by atoms with Crippen LogP contribution in [-0.2, 0) is 9.53 Å². The van der Waals surface area contributed by atoms with E-state index in [2.05, 4.69) is 0 Å². The molecule has 0 fully saturated rings. The molecule has 5 nitrogen and oxygen atoms in total. The number of hydrogen-bond acceptors (Lipinski definition) is 3. The van der Waals surface area contributed by atoms with Gasteiger partial charge in [0.25, 0.3) is 0 Å². The molecule has 1 heterocycles. The molecule has 1 aliphatic heterocycles. The van der Waals surface area contributed by atoms with Crippen molar-refractivity contribution in [3.8, 4) is 0 Å². The molecule has 0 aromatic carbocycles. The number of aliphatic carboxylic acids is 1. The van der Waals surface area contributed by atoms with Crippen LogP contribution in [0, 0.1) is 0 Å². The van der Waals surface area contributed by atoms with Gasteiger partial charge in [-0.15, -0.1) is 0 Å². The van der Waals surface area contributed by atoms with Gasteiger partial charge in [-0.3, -0.25) is 0 Å². The van der Waals surface area contributed by atoms with Crippen LogP contribution in [0.2, 0.25) is 0 Å². The van der Waals surface area contributed by atoms with E-state index in [0.717, 1.165) is 0 Å². The normalized spacial score (nSPS) is 16.1. The third-order valence-corrected chi connectivity index (χ3v) is 2.01. The van der Waals surface area contributed by atoms with E-state index < -0.39 is 5.97 Å². The van der Waals surface area contributed by atoms with Gasteiger partial charge in [-0.2, -0.15) is 0 Å². The van der Waals surface area contributed by atoms with E-state index in [1.165, 1.54) is 4.90 Å². The fraction of sp³-hybridized carbons (Fsp3) is 0.556. The van der Waals surface area contributed by atoms with Crippen LogP contribution in [0.5, 0.6) is 0 Å². The Bertz CT molecular complexity index is 272. The second-order valence-corrected chi connectivity index (χ2v) is 2.93. The van der Waals surface area contributed by atoms with E-state index in [-0.39, 0.29) is 6.09 Å². The van der Waals surface area contributed by atoms with Crippen LogP contribution in [-0.4, -0.2) is 41.8 Å². The fourth-order valence-electron chi connectivity index (χ4n) is 1.24. The molecule has 1 aliphatic rings. The van der Waals surface area contributed by atoms with Gasteiger partial charge in [0.15, 0.2) is 0 Å². The molecule has 0 aliphatic carbocycles. The Balaban J connectivity index is 2.50. The summed E-state index contributed by atoms with van der Waals surface area (Å²) in [6.45, 7) is 2.81. The average molecular weight is 199 g/mol. The van der Waals surface area contributed by atoms with Crippen LogP contribution in [0.25, 0.3) is 0 Å². The number of carboxylic acid groups (broad SMARTS) is 1. The number of nitrogens with zero attached hydrogens (tertiary/aromatic N) is 1. The largest absolute Gasteiger partial charge is 0.478 e. The SMILES string of the molecule is CCOC(=O)N1CC=C(C(=O)O)CC1. The third-order valence-electron chi connectivity index (χ3n) is 2.01. The molecular weight excluding hydrogens is 186 g/mol. The Labute approximate surface area is 82.0 Å². The first kappa shape index (κ1) is 10.6. The van der Waals surface area contributed by atoms with Crippen molar-refractivity contribution in [3.63, 3.8) is 0 Å². The summed E-state index contributed by atoms with van der Waals surface area (Å²) in [4.78, 5) is 23.2. The summed E-state index contributed by atoms with van der Waals surface area (Å²) in [5, 5.41) is 8.66. The van der Waals surface area contributed by atoms with Crippen molar-refractivity contribution >= 4 is 12.1 Å². The highest BCUT2D eigenvalue weighted by molar-refractivity contribution is 5.87. The number of carbonyl (C=O) groups excluding carboxylic acids is 1. The van der Waals surface area contributed by atoms with Crippen molar-refractivity contribution < 1.29 is 19.4 Å². The molecule has 0 aromatic heterocycles. The van der Waals surface area contributed by atoms with Gasteiger partial charge in [0, 0.05) is 18.7 Å². The molecule has 0 spiro atoms. The Hall–Kier alpha value is -1.52. The van der Waals surface area contributed by atoms with Crippen LogP contribution in [0.1, 0.15) is 13.3 Å². The minimum Gasteiger partial charge on any atom is -0.478 e. The number of hydrogen-bond donors (Lipinski definition) is 1. The zero-order valence-corrected chi connectivity index (χ0v) is 8.02. The maximum atomic E-state index is 11.2. The lowest BCUT2D eigenvalue weighted by atomic mass is 10.1. The fourth-order valence-corrected chi connectivity index (χ4v) is 1.24. The first-order valence-electron chi connectivity index (χ1n) is 4.49. The second kappa shape index (κ2) is 4.64. The highest BCUT2D eigenvalue weighted by Gasteiger charge is 2.20. The molecule has 0 unspecified atom stereocenters. The number of ether oxygens (including phenoxy) is 1. The second-order valence-electron chi connectivity index (χ2n) is 2.93. The lowest BCUT2D eigenvalue weighted by molar-refractivity contribution is -0.133. The predicted molar refractivity (Wildman–Crippen MR) is 48.9 cm³/mol. The molecule has 78 valence electrons. The molecule has 0 radical (unpaired) electrons. The number of carboxylic acids is 1. The van der Waals surface area contributed by atoms with E-state index >= 15 is 0 Å². The summed E-state index contributed by atoms with van der Waals surface area (Å²) in [7, 11) is 0. The third kappa shape index (κ3) is 2.48. The van der Waals surface area contributed by atoms with Crippen LogP contribution < -0.4 is 0 Å². The van der Waals surface area contributed by atoms with Gasteiger partial charge in [0.1, 0.15) is 0 Å². The first-order valence-corrected chi connectivity index (χ1v) is 4.49. The highest BCUT2D eigenvalue weighted by atomic mass is 16.6. The number of rotatable bonds is 2. The van der Waals surface area contributed by atoms with Gasteiger partial charge < -0.3 is 14.7 Å². The van der Waals surface area contributed by atoms with Crippen LogP contribution in [0.15, 0.2) is 11.6 Å². The van der Waals surface area contributed by atoms with Crippen molar-refractivity contribution in [1.29, 1.82) is 0 Å². The molecule has 1 N–H and O–H groups in total. The van der Waals surface area contributed by atoms with Gasteiger partial charge in [-0.05, 0) is 13.3 Å². The average Bonchev–Trinajstić information content (AvgIpc) is 2.18. The summed E-state index contributed by atoms with van der Waals surface area (Å²) < 4.78 is 4.79. The Morgan fingerprint density at radius 3 is 2.79 bits per heavy atom. The van der Waals surface area contributed by atoms with Crippen LogP contribution in [0.4, 0.5) is 4.79 Å². The first-order chi connectivity index (χ1) is 6.65. The van der Waals surface area contributed by atoms with Crippen LogP contribution in [0.3, 0.4) is 0 Å². The molecule has 0 bridgehead atoms. The zero-order chi connectivity index (χ0) is 10.6. The van der Waals surface area contributed by atoms with Crippen molar-refractivity contribution in [2.45, 2.75) is 13.3 Å². The van der Waals surface area contributed by atoms with Crippen molar-refractivity contribution in [2.75, 3.05) is 19.7 Å².